The Hall–Kier alpha value is -2.60. The van der Waals surface area contributed by atoms with E-state index in [0.29, 0.717) is 12.1 Å². The summed E-state index contributed by atoms with van der Waals surface area (Å²) in [6.45, 7) is 8.03. The van der Waals surface area contributed by atoms with Gasteiger partial charge < -0.3 is 15.0 Å². The molecule has 0 bridgehead atoms. The van der Waals surface area contributed by atoms with Crippen molar-refractivity contribution >= 4 is 28.7 Å². The van der Waals surface area contributed by atoms with E-state index in [1.165, 1.54) is 11.3 Å². The number of carbonyl (C=O) groups excluding carboxylic acids is 2. The van der Waals surface area contributed by atoms with Crippen LogP contribution in [0.1, 0.15) is 49.7 Å². The molecular weight excluding hydrogens is 372 g/mol. The lowest BCUT2D eigenvalue weighted by molar-refractivity contribution is -0.138. The van der Waals surface area contributed by atoms with Crippen molar-refractivity contribution in [3.63, 3.8) is 0 Å². The number of fused-ring (bicyclic) bond motifs is 1. The highest BCUT2D eigenvalue weighted by atomic mass is 32.1. The zero-order valence-corrected chi connectivity index (χ0v) is 17.7. The monoisotopic (exact) mass is 398 g/mol. The van der Waals surface area contributed by atoms with Gasteiger partial charge in [-0.05, 0) is 56.8 Å². The number of hydrogen-bond acceptors (Lipinski definition) is 4. The highest BCUT2D eigenvalue weighted by Crippen LogP contribution is 2.41. The average Bonchev–Trinajstić information content (AvgIpc) is 3.10. The molecule has 0 saturated heterocycles. The van der Waals surface area contributed by atoms with Gasteiger partial charge in [0.1, 0.15) is 11.8 Å². The summed E-state index contributed by atoms with van der Waals surface area (Å²) in [6.07, 6.45) is 1.83. The van der Waals surface area contributed by atoms with Crippen molar-refractivity contribution in [1.82, 2.24) is 10.2 Å². The number of nitrogens with zero attached hydrogens (tertiary/aromatic N) is 1. The third-order valence-electron chi connectivity index (χ3n) is 4.58. The van der Waals surface area contributed by atoms with E-state index in [1.807, 2.05) is 69.5 Å². The molecule has 1 N–H and O–H groups in total. The Labute approximate surface area is 170 Å². The fraction of sp³-hybridized carbons (Fsp3) is 0.364. The zero-order chi connectivity index (χ0) is 20.5. The minimum Gasteiger partial charge on any atom is -0.497 e. The minimum atomic E-state index is -0.646. The topological polar surface area (TPSA) is 58.6 Å². The molecule has 2 aromatic rings. The number of methoxy groups -OCH3 is 1. The smallest absolute Gasteiger partial charge is 0.255 e. The molecule has 148 valence electrons. The molecular formula is C22H26N2O3S. The molecule has 1 aliphatic heterocycles. The molecule has 0 aliphatic carbocycles. The van der Waals surface area contributed by atoms with Crippen LogP contribution < -0.4 is 10.1 Å². The number of ether oxygens (including phenoxy) is 1. The van der Waals surface area contributed by atoms with Gasteiger partial charge in [-0.3, -0.25) is 9.59 Å². The summed E-state index contributed by atoms with van der Waals surface area (Å²) in [4.78, 5) is 29.0. The molecule has 1 aromatic carbocycles. The van der Waals surface area contributed by atoms with Gasteiger partial charge in [0.25, 0.3) is 5.91 Å². The molecule has 0 fully saturated rings. The number of carbonyl (C=O) groups is 2. The first-order valence-electron chi connectivity index (χ1n) is 9.25. The van der Waals surface area contributed by atoms with Gasteiger partial charge >= 0.3 is 0 Å². The molecule has 0 radical (unpaired) electrons. The third-order valence-corrected chi connectivity index (χ3v) is 5.55. The van der Waals surface area contributed by atoms with Crippen molar-refractivity contribution in [2.24, 2.45) is 0 Å². The molecule has 0 spiro atoms. The number of hydrogen-bond donors (Lipinski definition) is 1. The van der Waals surface area contributed by atoms with Crippen molar-refractivity contribution in [2.45, 2.75) is 45.8 Å². The molecule has 1 atom stereocenters. The van der Waals surface area contributed by atoms with Gasteiger partial charge in [0, 0.05) is 28.1 Å². The van der Waals surface area contributed by atoms with E-state index in [4.69, 9.17) is 4.74 Å². The van der Waals surface area contributed by atoms with Crippen LogP contribution in [0.5, 0.6) is 5.75 Å². The first kappa shape index (κ1) is 20.1. The molecule has 0 saturated carbocycles. The van der Waals surface area contributed by atoms with Gasteiger partial charge in [-0.25, -0.2) is 0 Å². The van der Waals surface area contributed by atoms with E-state index in [0.717, 1.165) is 21.8 Å². The van der Waals surface area contributed by atoms with Crippen LogP contribution >= 0.6 is 11.3 Å². The zero-order valence-electron chi connectivity index (χ0n) is 16.9. The Balaban J connectivity index is 2.02. The quantitative estimate of drug-likeness (QED) is 0.787. The van der Waals surface area contributed by atoms with Gasteiger partial charge in [-0.15, -0.1) is 11.3 Å². The molecule has 5 nitrogen and oxygen atoms in total. The number of amides is 2. The number of benzene rings is 1. The van der Waals surface area contributed by atoms with Crippen molar-refractivity contribution in [1.29, 1.82) is 0 Å². The lowest BCUT2D eigenvalue weighted by Gasteiger charge is -2.37. The number of rotatable bonds is 4. The molecule has 1 aromatic heterocycles. The standard InChI is InChI=1S/C22H26N2O3S/c1-6-16-17-11-12-28-19(17)18(20(25)23-22(2,3)4)24(21(16)26)13-14-7-9-15(27-5)10-8-14/h6-12,18H,13H2,1-5H3,(H,23,25)/b16-6+. The maximum Gasteiger partial charge on any atom is 0.255 e. The fourth-order valence-electron chi connectivity index (χ4n) is 3.35. The highest BCUT2D eigenvalue weighted by Gasteiger charge is 2.41. The number of nitrogens with one attached hydrogen (secondary N) is 1. The molecule has 6 heteroatoms. The summed E-state index contributed by atoms with van der Waals surface area (Å²) in [6, 6.07) is 8.85. The molecule has 2 amide bonds. The molecule has 2 heterocycles. The van der Waals surface area contributed by atoms with Gasteiger partial charge in [0.2, 0.25) is 5.91 Å². The summed E-state index contributed by atoms with van der Waals surface area (Å²) in [5, 5.41) is 4.98. The Morgan fingerprint density at radius 1 is 1.25 bits per heavy atom. The largest absolute Gasteiger partial charge is 0.497 e. The van der Waals surface area contributed by atoms with E-state index in [2.05, 4.69) is 5.32 Å². The summed E-state index contributed by atoms with van der Waals surface area (Å²) >= 11 is 1.51. The SMILES string of the molecule is C/C=C1/C(=O)N(Cc2ccc(OC)cc2)C(C(=O)NC(C)(C)C)c2sccc21. The summed E-state index contributed by atoms with van der Waals surface area (Å²) in [7, 11) is 1.62. The molecule has 3 rings (SSSR count). The second kappa shape index (κ2) is 7.80. The van der Waals surface area contributed by atoms with Crippen LogP contribution in [0.25, 0.3) is 5.57 Å². The number of thiophene rings is 1. The maximum atomic E-state index is 13.3. The van der Waals surface area contributed by atoms with Crippen LogP contribution in [0, 0.1) is 0 Å². The van der Waals surface area contributed by atoms with E-state index in [1.54, 1.807) is 12.0 Å². The normalized spacial score (nSPS) is 18.2. The van der Waals surface area contributed by atoms with Gasteiger partial charge in [-0.1, -0.05) is 18.2 Å². The van der Waals surface area contributed by atoms with Gasteiger partial charge in [0.05, 0.1) is 7.11 Å². The predicted octanol–water partition coefficient (Wildman–Crippen LogP) is 4.16. The average molecular weight is 399 g/mol. The lowest BCUT2D eigenvalue weighted by Crippen LogP contribution is -2.50. The second-order valence-electron chi connectivity index (χ2n) is 7.82. The van der Waals surface area contributed by atoms with Crippen LogP contribution in [0.3, 0.4) is 0 Å². The van der Waals surface area contributed by atoms with Crippen LogP contribution in [-0.2, 0) is 16.1 Å². The Bertz CT molecular complexity index is 907. The predicted molar refractivity (Wildman–Crippen MR) is 112 cm³/mol. The Morgan fingerprint density at radius 3 is 2.50 bits per heavy atom. The summed E-state index contributed by atoms with van der Waals surface area (Å²) in [5.41, 5.74) is 2.06. The van der Waals surface area contributed by atoms with Crippen LogP contribution in [0.15, 0.2) is 41.8 Å². The first-order chi connectivity index (χ1) is 13.2. The maximum absolute atomic E-state index is 13.3. The highest BCUT2D eigenvalue weighted by molar-refractivity contribution is 7.10. The lowest BCUT2D eigenvalue weighted by atomic mass is 9.93. The number of allylic oxidation sites excluding steroid dienone is 1. The van der Waals surface area contributed by atoms with Crippen molar-refractivity contribution in [3.8, 4) is 5.75 Å². The first-order valence-corrected chi connectivity index (χ1v) is 10.1. The van der Waals surface area contributed by atoms with E-state index >= 15 is 0 Å². The third kappa shape index (κ3) is 3.97. The van der Waals surface area contributed by atoms with E-state index < -0.39 is 6.04 Å². The summed E-state index contributed by atoms with van der Waals surface area (Å²) in [5.74, 6) is 0.469. The van der Waals surface area contributed by atoms with Crippen LogP contribution in [0.2, 0.25) is 0 Å². The molecule has 1 unspecified atom stereocenters. The van der Waals surface area contributed by atoms with Crippen molar-refractivity contribution in [3.05, 3.63) is 57.8 Å². The van der Waals surface area contributed by atoms with E-state index in [-0.39, 0.29) is 17.4 Å². The summed E-state index contributed by atoms with van der Waals surface area (Å²) < 4.78 is 5.21. The van der Waals surface area contributed by atoms with Crippen molar-refractivity contribution < 1.29 is 14.3 Å². The van der Waals surface area contributed by atoms with Crippen molar-refractivity contribution in [2.75, 3.05) is 7.11 Å². The Morgan fingerprint density at radius 2 is 1.93 bits per heavy atom. The van der Waals surface area contributed by atoms with Crippen LogP contribution in [-0.4, -0.2) is 29.4 Å². The minimum absolute atomic E-state index is 0.127. The molecule has 28 heavy (non-hydrogen) atoms. The Kier molecular flexibility index (Phi) is 5.61. The second-order valence-corrected chi connectivity index (χ2v) is 8.77. The van der Waals surface area contributed by atoms with Crippen LogP contribution in [0.4, 0.5) is 0 Å². The molecule has 1 aliphatic rings. The fourth-order valence-corrected chi connectivity index (χ4v) is 4.37. The van der Waals surface area contributed by atoms with E-state index in [9.17, 15) is 9.59 Å². The van der Waals surface area contributed by atoms with Gasteiger partial charge in [0.15, 0.2) is 0 Å². The van der Waals surface area contributed by atoms with Gasteiger partial charge in [-0.2, -0.15) is 0 Å².